The van der Waals surface area contributed by atoms with Crippen molar-refractivity contribution < 1.29 is 14.3 Å². The number of ether oxygens (including phenoxy) is 1. The molecule has 19 heavy (non-hydrogen) atoms. The van der Waals surface area contributed by atoms with Gasteiger partial charge in [0.15, 0.2) is 0 Å². The second-order valence-corrected chi connectivity index (χ2v) is 4.91. The van der Waals surface area contributed by atoms with E-state index in [1.54, 1.807) is 0 Å². The van der Waals surface area contributed by atoms with Gasteiger partial charge in [-0.1, -0.05) is 30.3 Å². The van der Waals surface area contributed by atoms with E-state index in [-0.39, 0.29) is 24.1 Å². The minimum atomic E-state index is -0.306. The summed E-state index contributed by atoms with van der Waals surface area (Å²) >= 11 is 0. The topological polar surface area (TPSA) is 46.6 Å². The van der Waals surface area contributed by atoms with Crippen molar-refractivity contribution in [3.63, 3.8) is 0 Å². The molecule has 1 fully saturated rings. The molecule has 0 bridgehead atoms. The molecule has 0 radical (unpaired) electrons. The van der Waals surface area contributed by atoms with Crippen LogP contribution in [0.5, 0.6) is 0 Å². The van der Waals surface area contributed by atoms with Crippen LogP contribution in [0.2, 0.25) is 0 Å². The fourth-order valence-electron chi connectivity index (χ4n) is 2.43. The molecule has 1 saturated heterocycles. The van der Waals surface area contributed by atoms with Crippen molar-refractivity contribution in [3.8, 4) is 0 Å². The average molecular weight is 261 g/mol. The van der Waals surface area contributed by atoms with Crippen LogP contribution < -0.4 is 0 Å². The van der Waals surface area contributed by atoms with Crippen molar-refractivity contribution in [2.24, 2.45) is 5.92 Å². The van der Waals surface area contributed by atoms with Gasteiger partial charge in [0.2, 0.25) is 0 Å². The highest BCUT2D eigenvalue weighted by Crippen LogP contribution is 2.19. The highest BCUT2D eigenvalue weighted by Gasteiger charge is 2.29. The first-order valence-corrected chi connectivity index (χ1v) is 6.55. The van der Waals surface area contributed by atoms with Crippen LogP contribution >= 0.6 is 0 Å². The maximum Gasteiger partial charge on any atom is 0.306 e. The largest absolute Gasteiger partial charge is 0.469 e. The van der Waals surface area contributed by atoms with E-state index < -0.39 is 0 Å². The summed E-state index contributed by atoms with van der Waals surface area (Å²) in [5.41, 5.74) is 1.23. The van der Waals surface area contributed by atoms with E-state index in [0.29, 0.717) is 13.0 Å². The molecule has 1 unspecified atom stereocenters. The standard InChI is InChI=1S/C15H19NO3/c1-19-15(18)9-13-11-16(8-7-14(13)17)10-12-5-3-2-4-6-12/h2-6,13H,7-11H2,1H3. The summed E-state index contributed by atoms with van der Waals surface area (Å²) in [5, 5.41) is 0. The minimum Gasteiger partial charge on any atom is -0.469 e. The average Bonchev–Trinajstić information content (AvgIpc) is 2.43. The maximum atomic E-state index is 11.8. The number of benzene rings is 1. The molecule has 1 heterocycles. The van der Waals surface area contributed by atoms with Crippen LogP contribution in [0.1, 0.15) is 18.4 Å². The van der Waals surface area contributed by atoms with Gasteiger partial charge in [-0.15, -0.1) is 0 Å². The Morgan fingerprint density at radius 1 is 1.37 bits per heavy atom. The van der Waals surface area contributed by atoms with E-state index in [1.165, 1.54) is 12.7 Å². The van der Waals surface area contributed by atoms with Gasteiger partial charge in [0.05, 0.1) is 13.5 Å². The molecule has 4 heteroatoms. The van der Waals surface area contributed by atoms with Crippen LogP contribution in [-0.2, 0) is 20.9 Å². The first kappa shape index (κ1) is 13.7. The number of Topliss-reactive ketones (excluding diaryl/α,β-unsaturated/α-hetero) is 1. The molecular weight excluding hydrogens is 242 g/mol. The molecule has 0 aliphatic carbocycles. The molecule has 0 aromatic heterocycles. The van der Waals surface area contributed by atoms with Crippen LogP contribution in [0.15, 0.2) is 30.3 Å². The molecule has 1 atom stereocenters. The van der Waals surface area contributed by atoms with Gasteiger partial charge in [-0.25, -0.2) is 0 Å². The maximum absolute atomic E-state index is 11.8. The molecule has 0 N–H and O–H groups in total. The quantitative estimate of drug-likeness (QED) is 0.773. The second-order valence-electron chi connectivity index (χ2n) is 4.91. The zero-order chi connectivity index (χ0) is 13.7. The molecule has 0 amide bonds. The van der Waals surface area contributed by atoms with Crippen molar-refractivity contribution in [2.75, 3.05) is 20.2 Å². The van der Waals surface area contributed by atoms with Gasteiger partial charge >= 0.3 is 5.97 Å². The van der Waals surface area contributed by atoms with E-state index in [1.807, 2.05) is 18.2 Å². The number of piperidine rings is 1. The third-order valence-corrected chi connectivity index (χ3v) is 3.50. The monoisotopic (exact) mass is 261 g/mol. The molecule has 0 spiro atoms. The number of carbonyl (C=O) groups excluding carboxylic acids is 2. The molecule has 2 rings (SSSR count). The Kier molecular flexibility index (Phi) is 4.68. The van der Waals surface area contributed by atoms with Gasteiger partial charge < -0.3 is 4.74 Å². The number of hydrogen-bond donors (Lipinski definition) is 0. The number of carbonyl (C=O) groups is 2. The van der Waals surface area contributed by atoms with Crippen LogP contribution in [-0.4, -0.2) is 36.9 Å². The first-order valence-electron chi connectivity index (χ1n) is 6.55. The zero-order valence-corrected chi connectivity index (χ0v) is 11.2. The summed E-state index contributed by atoms with van der Waals surface area (Å²) in [4.78, 5) is 25.3. The molecule has 1 aromatic carbocycles. The normalized spacial score (nSPS) is 20.3. The fourth-order valence-corrected chi connectivity index (χ4v) is 2.43. The molecule has 102 valence electrons. The Balaban J connectivity index is 1.93. The molecular formula is C15H19NO3. The van der Waals surface area contributed by atoms with E-state index in [0.717, 1.165) is 13.1 Å². The molecule has 0 saturated carbocycles. The van der Waals surface area contributed by atoms with Crippen molar-refractivity contribution in [1.29, 1.82) is 0 Å². The lowest BCUT2D eigenvalue weighted by Crippen LogP contribution is -2.41. The first-order chi connectivity index (χ1) is 9.19. The van der Waals surface area contributed by atoms with Gasteiger partial charge in [0.25, 0.3) is 0 Å². The summed E-state index contributed by atoms with van der Waals surface area (Å²) < 4.78 is 4.65. The van der Waals surface area contributed by atoms with Crippen molar-refractivity contribution >= 4 is 11.8 Å². The molecule has 1 aromatic rings. The Bertz CT molecular complexity index is 444. The smallest absolute Gasteiger partial charge is 0.306 e. The van der Waals surface area contributed by atoms with Crippen molar-refractivity contribution in [3.05, 3.63) is 35.9 Å². The third-order valence-electron chi connectivity index (χ3n) is 3.50. The molecule has 4 nitrogen and oxygen atoms in total. The van der Waals surface area contributed by atoms with Crippen molar-refractivity contribution in [2.45, 2.75) is 19.4 Å². The fraction of sp³-hybridized carbons (Fsp3) is 0.467. The Labute approximate surface area is 113 Å². The number of nitrogens with zero attached hydrogens (tertiary/aromatic N) is 1. The van der Waals surface area contributed by atoms with E-state index >= 15 is 0 Å². The Morgan fingerprint density at radius 2 is 2.11 bits per heavy atom. The van der Waals surface area contributed by atoms with E-state index in [2.05, 4.69) is 21.8 Å². The minimum absolute atomic E-state index is 0.176. The lowest BCUT2D eigenvalue weighted by atomic mass is 9.93. The molecule has 1 aliphatic rings. The van der Waals surface area contributed by atoms with Gasteiger partial charge in [-0.2, -0.15) is 0 Å². The highest BCUT2D eigenvalue weighted by molar-refractivity contribution is 5.86. The van der Waals surface area contributed by atoms with Crippen LogP contribution in [0.4, 0.5) is 0 Å². The number of likely N-dealkylation sites (tertiary alicyclic amines) is 1. The number of hydrogen-bond acceptors (Lipinski definition) is 4. The van der Waals surface area contributed by atoms with Crippen LogP contribution in [0, 0.1) is 5.92 Å². The molecule has 1 aliphatic heterocycles. The van der Waals surface area contributed by atoms with E-state index in [4.69, 9.17) is 0 Å². The van der Waals surface area contributed by atoms with E-state index in [9.17, 15) is 9.59 Å². The summed E-state index contributed by atoms with van der Waals surface area (Å²) in [6.45, 7) is 2.24. The zero-order valence-electron chi connectivity index (χ0n) is 11.2. The van der Waals surface area contributed by atoms with Crippen LogP contribution in [0.25, 0.3) is 0 Å². The SMILES string of the molecule is COC(=O)CC1CN(Cc2ccccc2)CCC1=O. The van der Waals surface area contributed by atoms with Gasteiger partial charge in [-0.05, 0) is 5.56 Å². The number of methoxy groups -OCH3 is 1. The number of ketones is 1. The van der Waals surface area contributed by atoms with Crippen LogP contribution in [0.3, 0.4) is 0 Å². The predicted octanol–water partition coefficient (Wildman–Crippen LogP) is 1.64. The third kappa shape index (κ3) is 3.89. The van der Waals surface area contributed by atoms with Gasteiger partial charge in [-0.3, -0.25) is 14.5 Å². The lowest BCUT2D eigenvalue weighted by molar-refractivity contribution is -0.145. The Hall–Kier alpha value is -1.68. The number of rotatable bonds is 4. The predicted molar refractivity (Wildman–Crippen MR) is 71.5 cm³/mol. The van der Waals surface area contributed by atoms with Gasteiger partial charge in [0, 0.05) is 32.0 Å². The summed E-state index contributed by atoms with van der Waals surface area (Å²) in [6, 6.07) is 10.2. The summed E-state index contributed by atoms with van der Waals surface area (Å²) in [7, 11) is 1.36. The number of esters is 1. The Morgan fingerprint density at radius 3 is 2.79 bits per heavy atom. The summed E-state index contributed by atoms with van der Waals surface area (Å²) in [6.07, 6.45) is 0.717. The lowest BCUT2D eigenvalue weighted by Gasteiger charge is -2.31. The van der Waals surface area contributed by atoms with Crippen molar-refractivity contribution in [1.82, 2.24) is 4.90 Å². The van der Waals surface area contributed by atoms with Gasteiger partial charge in [0.1, 0.15) is 5.78 Å². The highest BCUT2D eigenvalue weighted by atomic mass is 16.5. The summed E-state index contributed by atoms with van der Waals surface area (Å²) in [5.74, 6) is -0.348. The second kappa shape index (κ2) is 6.48.